The van der Waals surface area contributed by atoms with Gasteiger partial charge in [0.1, 0.15) is 0 Å². The van der Waals surface area contributed by atoms with Crippen molar-refractivity contribution in [3.8, 4) is 0 Å². The fourth-order valence-corrected chi connectivity index (χ4v) is 4.28. The van der Waals surface area contributed by atoms with E-state index in [4.69, 9.17) is 11.6 Å². The van der Waals surface area contributed by atoms with Crippen LogP contribution in [0.4, 0.5) is 0 Å². The summed E-state index contributed by atoms with van der Waals surface area (Å²) in [6.45, 7) is 1.85. The minimum atomic E-state index is -3.51. The van der Waals surface area contributed by atoms with Crippen molar-refractivity contribution in [2.75, 3.05) is 14.1 Å². The lowest BCUT2D eigenvalue weighted by Crippen LogP contribution is -2.45. The van der Waals surface area contributed by atoms with Crippen molar-refractivity contribution >= 4 is 21.6 Å². The molecule has 0 heterocycles. The Morgan fingerprint density at radius 3 is 2.60 bits per heavy atom. The van der Waals surface area contributed by atoms with Crippen molar-refractivity contribution in [2.24, 2.45) is 0 Å². The highest BCUT2D eigenvalue weighted by Crippen LogP contribution is 2.25. The Morgan fingerprint density at radius 2 is 2.00 bits per heavy atom. The normalized spacial score (nSPS) is 23.4. The molecule has 1 N–H and O–H groups in total. The zero-order valence-electron chi connectivity index (χ0n) is 12.1. The topological polar surface area (TPSA) is 49.4 Å². The minimum absolute atomic E-state index is 0.0323. The molecule has 0 aliphatic heterocycles. The van der Waals surface area contributed by atoms with Crippen LogP contribution in [0.25, 0.3) is 0 Å². The molecule has 0 bridgehead atoms. The summed E-state index contributed by atoms with van der Waals surface area (Å²) in [5, 5.41) is 0.475. The van der Waals surface area contributed by atoms with E-state index in [1.165, 1.54) is 6.07 Å². The first-order valence-corrected chi connectivity index (χ1v) is 8.62. The number of halogens is 1. The number of rotatable bonds is 4. The zero-order valence-corrected chi connectivity index (χ0v) is 13.6. The van der Waals surface area contributed by atoms with Crippen LogP contribution < -0.4 is 4.72 Å². The lowest BCUT2D eigenvalue weighted by molar-refractivity contribution is 0.267. The Bertz CT molecular complexity index is 587. The molecule has 1 aromatic rings. The van der Waals surface area contributed by atoms with Gasteiger partial charge in [-0.2, -0.15) is 0 Å². The molecule has 20 heavy (non-hydrogen) atoms. The summed E-state index contributed by atoms with van der Waals surface area (Å²) >= 11 is 6.02. The van der Waals surface area contributed by atoms with Crippen molar-refractivity contribution in [1.82, 2.24) is 9.62 Å². The van der Waals surface area contributed by atoms with Crippen LogP contribution in [0.15, 0.2) is 23.1 Å². The second-order valence-corrected chi connectivity index (χ2v) is 7.72. The SMILES string of the molecule is Cc1ccc(S(=O)(=O)N[C@@H]2CCC[C@H]2N(C)C)cc1Cl. The molecule has 1 saturated carbocycles. The summed E-state index contributed by atoms with van der Waals surface area (Å²) in [5.41, 5.74) is 0.873. The van der Waals surface area contributed by atoms with E-state index in [0.29, 0.717) is 5.02 Å². The van der Waals surface area contributed by atoms with Crippen LogP contribution in [0, 0.1) is 6.92 Å². The van der Waals surface area contributed by atoms with Gasteiger partial charge in [-0.1, -0.05) is 24.1 Å². The lowest BCUT2D eigenvalue weighted by atomic mass is 10.2. The molecular formula is C14H21ClN2O2S. The molecule has 1 aromatic carbocycles. The fourth-order valence-electron chi connectivity index (χ4n) is 2.70. The van der Waals surface area contributed by atoms with E-state index in [0.717, 1.165) is 24.8 Å². The molecule has 1 fully saturated rings. The Kier molecular flexibility index (Phi) is 4.74. The molecule has 0 aromatic heterocycles. The van der Waals surface area contributed by atoms with Gasteiger partial charge in [0.05, 0.1) is 4.90 Å². The molecule has 6 heteroatoms. The third kappa shape index (κ3) is 3.34. The first-order valence-electron chi connectivity index (χ1n) is 6.76. The van der Waals surface area contributed by atoms with E-state index in [-0.39, 0.29) is 17.0 Å². The number of hydrogen-bond donors (Lipinski definition) is 1. The maximum Gasteiger partial charge on any atom is 0.240 e. The molecule has 0 radical (unpaired) electrons. The van der Waals surface area contributed by atoms with Crippen molar-refractivity contribution in [2.45, 2.75) is 43.2 Å². The van der Waals surface area contributed by atoms with Gasteiger partial charge in [-0.3, -0.25) is 0 Å². The van der Waals surface area contributed by atoms with E-state index < -0.39 is 10.0 Å². The van der Waals surface area contributed by atoms with Crippen LogP contribution in [0.2, 0.25) is 5.02 Å². The first-order chi connectivity index (χ1) is 9.31. The van der Waals surface area contributed by atoms with Crippen LogP contribution >= 0.6 is 11.6 Å². The maximum absolute atomic E-state index is 12.4. The second kappa shape index (κ2) is 6.02. The summed E-state index contributed by atoms with van der Waals surface area (Å²) in [7, 11) is 0.462. The summed E-state index contributed by atoms with van der Waals surface area (Å²) in [6.07, 6.45) is 2.95. The molecule has 0 unspecified atom stereocenters. The minimum Gasteiger partial charge on any atom is -0.305 e. The molecule has 0 amide bonds. The number of likely N-dealkylation sites (N-methyl/N-ethyl adjacent to an activating group) is 1. The van der Waals surface area contributed by atoms with E-state index in [9.17, 15) is 8.42 Å². The third-order valence-corrected chi connectivity index (χ3v) is 5.80. The van der Waals surface area contributed by atoms with Crippen molar-refractivity contribution in [3.63, 3.8) is 0 Å². The van der Waals surface area contributed by atoms with Crippen LogP contribution in [0.3, 0.4) is 0 Å². The van der Waals surface area contributed by atoms with Crippen molar-refractivity contribution in [3.05, 3.63) is 28.8 Å². The number of sulfonamides is 1. The number of hydrogen-bond acceptors (Lipinski definition) is 3. The fraction of sp³-hybridized carbons (Fsp3) is 0.571. The average Bonchev–Trinajstić information content (AvgIpc) is 2.80. The van der Waals surface area contributed by atoms with Gasteiger partial charge in [0.25, 0.3) is 0 Å². The van der Waals surface area contributed by atoms with Gasteiger partial charge in [-0.25, -0.2) is 13.1 Å². The van der Waals surface area contributed by atoms with Crippen LogP contribution in [-0.4, -0.2) is 39.5 Å². The van der Waals surface area contributed by atoms with E-state index in [1.807, 2.05) is 21.0 Å². The molecule has 2 atom stereocenters. The maximum atomic E-state index is 12.4. The van der Waals surface area contributed by atoms with Gasteiger partial charge in [-0.15, -0.1) is 0 Å². The molecule has 1 aliphatic rings. The highest BCUT2D eigenvalue weighted by molar-refractivity contribution is 7.89. The highest BCUT2D eigenvalue weighted by atomic mass is 35.5. The van der Waals surface area contributed by atoms with Crippen molar-refractivity contribution in [1.29, 1.82) is 0 Å². The van der Waals surface area contributed by atoms with E-state index in [2.05, 4.69) is 9.62 Å². The Morgan fingerprint density at radius 1 is 1.30 bits per heavy atom. The van der Waals surface area contributed by atoms with Crippen molar-refractivity contribution < 1.29 is 8.42 Å². The quantitative estimate of drug-likeness (QED) is 0.928. The third-order valence-electron chi connectivity index (χ3n) is 3.90. The van der Waals surface area contributed by atoms with Gasteiger partial charge in [-0.05, 0) is 51.6 Å². The van der Waals surface area contributed by atoms with Gasteiger partial charge < -0.3 is 4.90 Å². The monoisotopic (exact) mass is 316 g/mol. The van der Waals surface area contributed by atoms with E-state index >= 15 is 0 Å². The molecule has 2 rings (SSSR count). The Labute approximate surface area is 126 Å². The van der Waals surface area contributed by atoms with Crippen LogP contribution in [0.1, 0.15) is 24.8 Å². The smallest absolute Gasteiger partial charge is 0.240 e. The molecule has 0 spiro atoms. The number of nitrogens with one attached hydrogen (secondary N) is 1. The van der Waals surface area contributed by atoms with Gasteiger partial charge >= 0.3 is 0 Å². The predicted molar refractivity (Wildman–Crippen MR) is 81.6 cm³/mol. The number of benzene rings is 1. The predicted octanol–water partition coefficient (Wildman–Crippen LogP) is 2.41. The summed E-state index contributed by atoms with van der Waals surface area (Å²) < 4.78 is 27.7. The van der Waals surface area contributed by atoms with Crippen LogP contribution in [0.5, 0.6) is 0 Å². The summed E-state index contributed by atoms with van der Waals surface area (Å²) in [6, 6.07) is 5.07. The van der Waals surface area contributed by atoms with Gasteiger partial charge in [0, 0.05) is 17.1 Å². The molecule has 0 saturated heterocycles. The summed E-state index contributed by atoms with van der Waals surface area (Å²) in [4.78, 5) is 2.32. The zero-order chi connectivity index (χ0) is 14.9. The first kappa shape index (κ1) is 15.8. The van der Waals surface area contributed by atoms with E-state index in [1.54, 1.807) is 12.1 Å². The van der Waals surface area contributed by atoms with Gasteiger partial charge in [0.2, 0.25) is 10.0 Å². The average molecular weight is 317 g/mol. The largest absolute Gasteiger partial charge is 0.305 e. The molecule has 4 nitrogen and oxygen atoms in total. The Hall–Kier alpha value is -0.620. The highest BCUT2D eigenvalue weighted by Gasteiger charge is 2.32. The summed E-state index contributed by atoms with van der Waals surface area (Å²) in [5.74, 6) is 0. The Balaban J connectivity index is 2.20. The number of aryl methyl sites for hydroxylation is 1. The standard InChI is InChI=1S/C14H21ClN2O2S/c1-10-7-8-11(9-12(10)15)20(18,19)16-13-5-4-6-14(13)17(2)3/h7-9,13-14,16H,4-6H2,1-3H3/t13-,14-/m1/s1. The van der Waals surface area contributed by atoms with Crippen LogP contribution in [-0.2, 0) is 10.0 Å². The number of nitrogens with zero attached hydrogens (tertiary/aromatic N) is 1. The van der Waals surface area contributed by atoms with Gasteiger partial charge in [0.15, 0.2) is 0 Å². The molecular weight excluding hydrogens is 296 g/mol. The molecule has 1 aliphatic carbocycles. The lowest BCUT2D eigenvalue weighted by Gasteiger charge is -2.26. The molecule has 112 valence electrons. The second-order valence-electron chi connectivity index (χ2n) is 5.60.